The molecule has 0 spiro atoms. The molecule has 0 fully saturated rings. The molecule has 2 heterocycles. The Balaban J connectivity index is 1.32. The van der Waals surface area contributed by atoms with Crippen LogP contribution in [0.4, 0.5) is 23.7 Å². The van der Waals surface area contributed by atoms with E-state index in [1.54, 1.807) is 24.8 Å². The maximum absolute atomic E-state index is 14.5. The molecule has 2 amide bonds. The van der Waals surface area contributed by atoms with Crippen molar-refractivity contribution in [2.75, 3.05) is 4.90 Å². The summed E-state index contributed by atoms with van der Waals surface area (Å²) >= 11 is 0. The number of nitrogens with zero attached hydrogens (tertiary/aromatic N) is 2. The van der Waals surface area contributed by atoms with E-state index in [0.29, 0.717) is 5.56 Å². The Kier molecular flexibility index (Phi) is 8.10. The Morgan fingerprint density at radius 2 is 1.63 bits per heavy atom. The predicted octanol–water partition coefficient (Wildman–Crippen LogP) is 8.62. The average Bonchev–Trinajstić information content (AvgIpc) is 3.53. The molecular formula is C37H33F3N2O4. The molecule has 2 atom stereocenters. The number of allylic oxidation sites excluding steroid dienone is 2. The molecule has 2 aliphatic rings. The van der Waals surface area contributed by atoms with Crippen molar-refractivity contribution in [3.63, 3.8) is 0 Å². The van der Waals surface area contributed by atoms with Crippen molar-refractivity contribution in [3.8, 4) is 11.1 Å². The van der Waals surface area contributed by atoms with Crippen LogP contribution in [-0.4, -0.2) is 28.0 Å². The van der Waals surface area contributed by atoms with E-state index in [1.165, 1.54) is 11.0 Å². The molecule has 1 aromatic heterocycles. The molecule has 6 rings (SSSR count). The van der Waals surface area contributed by atoms with Gasteiger partial charge >= 0.3 is 18.2 Å². The van der Waals surface area contributed by atoms with Gasteiger partial charge in [-0.2, -0.15) is 13.2 Å². The fraction of sp³-hybridized carbons (Fsp3) is 0.243. The first-order chi connectivity index (χ1) is 21.9. The first-order valence-electron chi connectivity index (χ1n) is 15.0. The number of para-hydroxylation sites is 1. The summed E-state index contributed by atoms with van der Waals surface area (Å²) < 4.78 is 45.3. The molecule has 9 heteroatoms. The van der Waals surface area contributed by atoms with E-state index in [0.717, 1.165) is 40.4 Å². The minimum Gasteiger partial charge on any atom is -0.481 e. The second-order valence-corrected chi connectivity index (χ2v) is 12.2. The summed E-state index contributed by atoms with van der Waals surface area (Å²) in [7, 11) is 0. The molecule has 0 radical (unpaired) electrons. The lowest BCUT2D eigenvalue weighted by Crippen LogP contribution is -2.52. The summed E-state index contributed by atoms with van der Waals surface area (Å²) in [6.45, 7) is 3.26. The van der Waals surface area contributed by atoms with Gasteiger partial charge in [0.25, 0.3) is 0 Å². The Morgan fingerprint density at radius 3 is 2.35 bits per heavy atom. The number of hydrogen-bond acceptors (Lipinski definition) is 3. The van der Waals surface area contributed by atoms with Crippen molar-refractivity contribution < 1.29 is 32.3 Å². The third-order valence-electron chi connectivity index (χ3n) is 8.77. The summed E-state index contributed by atoms with van der Waals surface area (Å²) in [6, 6.07) is 24.1. The van der Waals surface area contributed by atoms with Crippen LogP contribution in [0.2, 0.25) is 0 Å². The number of hydrogen-bond donors (Lipinski definition) is 1. The van der Waals surface area contributed by atoms with Crippen LogP contribution in [0.15, 0.2) is 114 Å². The fourth-order valence-electron chi connectivity index (χ4n) is 6.05. The lowest BCUT2D eigenvalue weighted by atomic mass is 9.83. The van der Waals surface area contributed by atoms with Gasteiger partial charge in [0.2, 0.25) is 5.76 Å². The van der Waals surface area contributed by atoms with Crippen molar-refractivity contribution in [1.29, 1.82) is 0 Å². The highest BCUT2D eigenvalue weighted by Crippen LogP contribution is 2.38. The second kappa shape index (κ2) is 12.0. The second-order valence-electron chi connectivity index (χ2n) is 12.2. The van der Waals surface area contributed by atoms with Gasteiger partial charge in [-0.3, -0.25) is 9.69 Å². The summed E-state index contributed by atoms with van der Waals surface area (Å²) in [4.78, 5) is 29.5. The standard InChI is InChI=1S/C37H33F3N2O4/c1-36(2,34(43)44)29-11-7-10-26(21-29)25-16-14-24(15-17-25)22-41(23-30-18-19-33(46-30)37(38,39)40)35(45)42-31-12-5-3-8-27(31)20-28-9-4-6-13-32(28)42/h3-19,21,27,31H,20,22-23H2,1-2H3,(H,43,44). The topological polar surface area (TPSA) is 74.0 Å². The molecule has 6 nitrogen and oxygen atoms in total. The summed E-state index contributed by atoms with van der Waals surface area (Å²) in [6.07, 6.45) is 4.08. The Hall–Kier alpha value is -5.05. The summed E-state index contributed by atoms with van der Waals surface area (Å²) in [5, 5.41) is 9.68. The molecule has 3 aromatic carbocycles. The predicted molar refractivity (Wildman–Crippen MR) is 169 cm³/mol. The van der Waals surface area contributed by atoms with Crippen LogP contribution in [0.1, 0.15) is 42.1 Å². The number of carbonyl (C=O) groups excluding carboxylic acids is 1. The summed E-state index contributed by atoms with van der Waals surface area (Å²) in [5.41, 5.74) is 3.86. The molecule has 4 aromatic rings. The van der Waals surface area contributed by atoms with E-state index >= 15 is 0 Å². The van der Waals surface area contributed by atoms with Crippen molar-refractivity contribution >= 4 is 17.7 Å². The van der Waals surface area contributed by atoms with Crippen LogP contribution in [0.3, 0.4) is 0 Å². The SMILES string of the molecule is CC(C)(C(=O)O)c1cccc(-c2ccc(CN(Cc3ccc(C(F)(F)F)o3)C(=O)N3c4ccccc4CC4C=CC=CC43)cc2)c1. The van der Waals surface area contributed by atoms with E-state index in [2.05, 4.69) is 6.08 Å². The lowest BCUT2D eigenvalue weighted by Gasteiger charge is -2.43. The molecule has 0 saturated carbocycles. The van der Waals surface area contributed by atoms with E-state index in [1.807, 2.05) is 85.0 Å². The van der Waals surface area contributed by atoms with Crippen molar-refractivity contribution in [2.24, 2.45) is 5.92 Å². The highest BCUT2D eigenvalue weighted by Gasteiger charge is 2.39. The van der Waals surface area contributed by atoms with Gasteiger partial charge in [-0.05, 0) is 66.3 Å². The smallest absolute Gasteiger partial charge is 0.449 e. The fourth-order valence-corrected chi connectivity index (χ4v) is 6.05. The Bertz CT molecular complexity index is 1820. The highest BCUT2D eigenvalue weighted by atomic mass is 19.4. The van der Waals surface area contributed by atoms with Crippen molar-refractivity contribution in [3.05, 3.63) is 137 Å². The first kappa shape index (κ1) is 31.0. The van der Waals surface area contributed by atoms with E-state index in [4.69, 9.17) is 4.42 Å². The lowest BCUT2D eigenvalue weighted by molar-refractivity contribution is -0.153. The molecule has 0 bridgehead atoms. The van der Waals surface area contributed by atoms with Crippen LogP contribution < -0.4 is 4.90 Å². The average molecular weight is 627 g/mol. The maximum Gasteiger partial charge on any atom is 0.449 e. The molecular weight excluding hydrogens is 593 g/mol. The largest absolute Gasteiger partial charge is 0.481 e. The number of urea groups is 1. The molecule has 1 N–H and O–H groups in total. The molecule has 0 saturated heterocycles. The first-order valence-corrected chi connectivity index (χ1v) is 15.0. The van der Waals surface area contributed by atoms with Crippen LogP contribution in [0, 0.1) is 5.92 Å². The third kappa shape index (κ3) is 6.09. The third-order valence-corrected chi connectivity index (χ3v) is 8.77. The van der Waals surface area contributed by atoms with Crippen LogP contribution in [0.5, 0.6) is 0 Å². The van der Waals surface area contributed by atoms with Gasteiger partial charge in [-0.25, -0.2) is 4.79 Å². The molecule has 46 heavy (non-hydrogen) atoms. The van der Waals surface area contributed by atoms with Gasteiger partial charge in [0.1, 0.15) is 5.76 Å². The number of alkyl halides is 3. The molecule has 1 aliphatic carbocycles. The van der Waals surface area contributed by atoms with Crippen LogP contribution in [-0.2, 0) is 35.9 Å². The van der Waals surface area contributed by atoms with Gasteiger partial charge in [0.15, 0.2) is 0 Å². The van der Waals surface area contributed by atoms with Gasteiger partial charge in [0.05, 0.1) is 18.0 Å². The monoisotopic (exact) mass is 626 g/mol. The number of rotatable bonds is 7. The number of amides is 2. The number of benzene rings is 3. The minimum absolute atomic E-state index is 0.0241. The highest BCUT2D eigenvalue weighted by molar-refractivity contribution is 5.94. The number of fused-ring (bicyclic) bond motifs is 2. The normalized spacial score (nSPS) is 17.4. The van der Waals surface area contributed by atoms with Gasteiger partial charge in [-0.15, -0.1) is 0 Å². The van der Waals surface area contributed by atoms with Crippen molar-refractivity contribution in [2.45, 2.75) is 51.0 Å². The molecule has 1 aliphatic heterocycles. The quantitative estimate of drug-likeness (QED) is 0.223. The minimum atomic E-state index is -4.64. The number of furan rings is 1. The number of halogens is 3. The van der Waals surface area contributed by atoms with Gasteiger partial charge < -0.3 is 14.4 Å². The molecule has 2 unspecified atom stereocenters. The number of aliphatic carboxylic acids is 1. The van der Waals surface area contributed by atoms with Crippen LogP contribution in [0.25, 0.3) is 11.1 Å². The molecule has 236 valence electrons. The Morgan fingerprint density at radius 1 is 0.891 bits per heavy atom. The van der Waals surface area contributed by atoms with Crippen molar-refractivity contribution in [1.82, 2.24) is 4.90 Å². The zero-order chi connectivity index (χ0) is 32.6. The number of carboxylic acids is 1. The zero-order valence-electron chi connectivity index (χ0n) is 25.4. The van der Waals surface area contributed by atoms with E-state index < -0.39 is 23.3 Å². The van der Waals surface area contributed by atoms with E-state index in [9.17, 15) is 27.9 Å². The van der Waals surface area contributed by atoms with Gasteiger partial charge in [-0.1, -0.05) is 91.0 Å². The van der Waals surface area contributed by atoms with Crippen LogP contribution >= 0.6 is 0 Å². The Labute approximate surface area is 265 Å². The number of anilines is 1. The summed E-state index contributed by atoms with van der Waals surface area (Å²) in [5.74, 6) is -1.95. The van der Waals surface area contributed by atoms with E-state index in [-0.39, 0.29) is 36.8 Å². The van der Waals surface area contributed by atoms with Gasteiger partial charge in [0, 0.05) is 18.2 Å². The maximum atomic E-state index is 14.5. The number of carbonyl (C=O) groups is 2. The number of carboxylic acid groups (broad SMARTS) is 1. The zero-order valence-corrected chi connectivity index (χ0v) is 25.4.